The van der Waals surface area contributed by atoms with Crippen molar-refractivity contribution in [2.24, 2.45) is 0 Å². The Morgan fingerprint density at radius 2 is 1.86 bits per heavy atom. The zero-order chi connectivity index (χ0) is 16.3. The van der Waals surface area contributed by atoms with Gasteiger partial charge in [0.1, 0.15) is 6.04 Å². The maximum atomic E-state index is 12.5. The molecule has 4 nitrogen and oxygen atoms in total. The fraction of sp³-hybridized carbons (Fsp3) is 0.333. The number of benzene rings is 1. The standard InChI is InChI=1S/C18H22N2O2/c1-5-15-10-6-8-12(2)16(15)19-17(21)14(4)20-11-7-9-13(3)18(20)22/h6-11,14H,5H2,1-4H3,(H,19,21). The van der Waals surface area contributed by atoms with Crippen LogP contribution in [0.3, 0.4) is 0 Å². The minimum absolute atomic E-state index is 0.134. The average Bonchev–Trinajstić information content (AvgIpc) is 2.51. The van der Waals surface area contributed by atoms with Gasteiger partial charge in [-0.2, -0.15) is 0 Å². The molecule has 0 aliphatic rings. The van der Waals surface area contributed by atoms with E-state index in [4.69, 9.17) is 0 Å². The predicted octanol–water partition coefficient (Wildman–Crippen LogP) is 3.23. The summed E-state index contributed by atoms with van der Waals surface area (Å²) in [6.45, 7) is 7.51. The van der Waals surface area contributed by atoms with Gasteiger partial charge in [0.05, 0.1) is 0 Å². The SMILES string of the molecule is CCc1cccc(C)c1NC(=O)C(C)n1cccc(C)c1=O. The Morgan fingerprint density at radius 3 is 2.55 bits per heavy atom. The van der Waals surface area contributed by atoms with Gasteiger partial charge < -0.3 is 9.88 Å². The maximum Gasteiger partial charge on any atom is 0.254 e. The second-order valence-electron chi connectivity index (χ2n) is 5.53. The quantitative estimate of drug-likeness (QED) is 0.942. The number of rotatable bonds is 4. The number of aryl methyl sites for hydroxylation is 3. The summed E-state index contributed by atoms with van der Waals surface area (Å²) in [5.41, 5.74) is 3.47. The van der Waals surface area contributed by atoms with Crippen LogP contribution in [0.1, 0.15) is 36.6 Å². The lowest BCUT2D eigenvalue weighted by Crippen LogP contribution is -2.32. The van der Waals surface area contributed by atoms with Gasteiger partial charge in [0.2, 0.25) is 5.91 Å². The first-order valence-electron chi connectivity index (χ1n) is 7.52. The van der Waals surface area contributed by atoms with E-state index in [1.54, 1.807) is 32.2 Å². The molecule has 2 rings (SSSR count). The molecule has 4 heteroatoms. The molecule has 0 aliphatic heterocycles. The number of aromatic nitrogens is 1. The second-order valence-corrected chi connectivity index (χ2v) is 5.53. The molecule has 0 bridgehead atoms. The number of carbonyl (C=O) groups is 1. The van der Waals surface area contributed by atoms with Crippen LogP contribution in [0.25, 0.3) is 0 Å². The van der Waals surface area contributed by atoms with Crippen LogP contribution >= 0.6 is 0 Å². The summed E-state index contributed by atoms with van der Waals surface area (Å²) in [6.07, 6.45) is 2.49. The Balaban J connectivity index is 2.30. The predicted molar refractivity (Wildman–Crippen MR) is 89.3 cm³/mol. The monoisotopic (exact) mass is 298 g/mol. The molecule has 0 spiro atoms. The van der Waals surface area contributed by atoms with Gasteiger partial charge >= 0.3 is 0 Å². The Hall–Kier alpha value is -2.36. The lowest BCUT2D eigenvalue weighted by atomic mass is 10.1. The van der Waals surface area contributed by atoms with Crippen molar-refractivity contribution in [3.63, 3.8) is 0 Å². The topological polar surface area (TPSA) is 51.1 Å². The van der Waals surface area contributed by atoms with E-state index >= 15 is 0 Å². The van der Waals surface area contributed by atoms with Gasteiger partial charge in [-0.25, -0.2) is 0 Å². The van der Waals surface area contributed by atoms with E-state index < -0.39 is 6.04 Å². The van der Waals surface area contributed by atoms with E-state index in [2.05, 4.69) is 12.2 Å². The number of pyridine rings is 1. The van der Waals surface area contributed by atoms with E-state index in [-0.39, 0.29) is 11.5 Å². The minimum atomic E-state index is -0.559. The van der Waals surface area contributed by atoms with Crippen LogP contribution in [-0.2, 0) is 11.2 Å². The van der Waals surface area contributed by atoms with Gasteiger partial charge in [-0.3, -0.25) is 9.59 Å². The van der Waals surface area contributed by atoms with Crippen molar-refractivity contribution in [3.8, 4) is 0 Å². The summed E-state index contributed by atoms with van der Waals surface area (Å²) >= 11 is 0. The molecule has 116 valence electrons. The zero-order valence-electron chi connectivity index (χ0n) is 13.5. The summed E-state index contributed by atoms with van der Waals surface area (Å²) in [6, 6.07) is 8.94. The van der Waals surface area contributed by atoms with Gasteiger partial charge in [0, 0.05) is 17.4 Å². The van der Waals surface area contributed by atoms with E-state index in [9.17, 15) is 9.59 Å². The van der Waals surface area contributed by atoms with Crippen molar-refractivity contribution in [3.05, 3.63) is 63.6 Å². The molecule has 1 aromatic heterocycles. The summed E-state index contributed by atoms with van der Waals surface area (Å²) in [5, 5.41) is 2.98. The van der Waals surface area contributed by atoms with Crippen molar-refractivity contribution in [2.45, 2.75) is 40.2 Å². The van der Waals surface area contributed by atoms with Gasteiger partial charge in [0.15, 0.2) is 0 Å². The highest BCUT2D eigenvalue weighted by Gasteiger charge is 2.18. The van der Waals surface area contributed by atoms with Gasteiger partial charge in [-0.05, 0) is 44.4 Å². The molecule has 1 amide bonds. The van der Waals surface area contributed by atoms with Crippen LogP contribution in [0.5, 0.6) is 0 Å². The van der Waals surface area contributed by atoms with Crippen molar-refractivity contribution in [1.29, 1.82) is 0 Å². The Bertz CT molecular complexity index is 747. The smallest absolute Gasteiger partial charge is 0.254 e. The Morgan fingerprint density at radius 1 is 1.18 bits per heavy atom. The molecule has 2 aromatic rings. The molecule has 22 heavy (non-hydrogen) atoms. The molecule has 1 N–H and O–H groups in total. The van der Waals surface area contributed by atoms with Gasteiger partial charge in [-0.15, -0.1) is 0 Å². The molecule has 1 atom stereocenters. The van der Waals surface area contributed by atoms with E-state index in [0.717, 1.165) is 23.2 Å². The summed E-state index contributed by atoms with van der Waals surface area (Å²) < 4.78 is 1.47. The number of nitrogens with one attached hydrogen (secondary N) is 1. The molecule has 0 radical (unpaired) electrons. The average molecular weight is 298 g/mol. The fourth-order valence-electron chi connectivity index (χ4n) is 2.48. The molecule has 0 fully saturated rings. The van der Waals surface area contributed by atoms with Crippen LogP contribution < -0.4 is 10.9 Å². The highest BCUT2D eigenvalue weighted by Crippen LogP contribution is 2.22. The minimum Gasteiger partial charge on any atom is -0.324 e. The van der Waals surface area contributed by atoms with E-state index in [1.165, 1.54) is 4.57 Å². The second kappa shape index (κ2) is 6.60. The fourth-order valence-corrected chi connectivity index (χ4v) is 2.48. The maximum absolute atomic E-state index is 12.5. The lowest BCUT2D eigenvalue weighted by Gasteiger charge is -2.18. The summed E-state index contributed by atoms with van der Waals surface area (Å²) in [5.74, 6) is -0.184. The van der Waals surface area contributed by atoms with Crippen molar-refractivity contribution >= 4 is 11.6 Å². The lowest BCUT2D eigenvalue weighted by molar-refractivity contribution is -0.118. The van der Waals surface area contributed by atoms with Crippen LogP contribution in [0, 0.1) is 13.8 Å². The Kier molecular flexibility index (Phi) is 4.81. The first-order valence-corrected chi connectivity index (χ1v) is 7.52. The highest BCUT2D eigenvalue weighted by molar-refractivity contribution is 5.94. The van der Waals surface area contributed by atoms with Gasteiger partial charge in [-0.1, -0.05) is 31.2 Å². The third-order valence-electron chi connectivity index (χ3n) is 3.95. The van der Waals surface area contributed by atoms with Crippen molar-refractivity contribution in [1.82, 2.24) is 4.57 Å². The third-order valence-corrected chi connectivity index (χ3v) is 3.95. The highest BCUT2D eigenvalue weighted by atomic mass is 16.2. The van der Waals surface area contributed by atoms with Crippen LogP contribution in [-0.4, -0.2) is 10.5 Å². The molecule has 1 unspecified atom stereocenters. The molecular formula is C18H22N2O2. The first-order chi connectivity index (χ1) is 10.5. The van der Waals surface area contributed by atoms with Crippen LogP contribution in [0.4, 0.5) is 5.69 Å². The molecule has 0 aliphatic carbocycles. The molecule has 1 aromatic carbocycles. The van der Waals surface area contributed by atoms with E-state index in [1.807, 2.05) is 25.1 Å². The zero-order valence-corrected chi connectivity index (χ0v) is 13.5. The molecular weight excluding hydrogens is 276 g/mol. The van der Waals surface area contributed by atoms with Crippen molar-refractivity contribution in [2.75, 3.05) is 5.32 Å². The van der Waals surface area contributed by atoms with E-state index in [0.29, 0.717) is 5.56 Å². The number of anilines is 1. The summed E-state index contributed by atoms with van der Waals surface area (Å²) in [7, 11) is 0. The summed E-state index contributed by atoms with van der Waals surface area (Å²) in [4.78, 5) is 24.7. The molecule has 0 saturated carbocycles. The number of hydrogen-bond donors (Lipinski definition) is 1. The molecule has 1 heterocycles. The van der Waals surface area contributed by atoms with Crippen LogP contribution in [0.2, 0.25) is 0 Å². The normalized spacial score (nSPS) is 12.0. The number of hydrogen-bond acceptors (Lipinski definition) is 2. The largest absolute Gasteiger partial charge is 0.324 e. The number of nitrogens with zero attached hydrogens (tertiary/aromatic N) is 1. The van der Waals surface area contributed by atoms with Gasteiger partial charge in [0.25, 0.3) is 5.56 Å². The number of carbonyl (C=O) groups excluding carboxylic acids is 1. The number of para-hydroxylation sites is 1. The number of amides is 1. The third kappa shape index (κ3) is 3.11. The Labute approximate surface area is 130 Å². The molecule has 0 saturated heterocycles. The first kappa shape index (κ1) is 16.0. The van der Waals surface area contributed by atoms with Crippen molar-refractivity contribution < 1.29 is 4.79 Å². The van der Waals surface area contributed by atoms with Crippen LogP contribution in [0.15, 0.2) is 41.3 Å².